The minimum Gasteiger partial charge on any atom is -0.497 e. The molecule has 194 valence electrons. The van der Waals surface area contributed by atoms with E-state index >= 15 is 0 Å². The molecule has 3 aromatic carbocycles. The summed E-state index contributed by atoms with van der Waals surface area (Å²) in [6.07, 6.45) is 4.46. The number of nitrogens with zero attached hydrogens (tertiary/aromatic N) is 2. The Balaban J connectivity index is 1.67. The molecule has 0 aromatic heterocycles. The van der Waals surface area contributed by atoms with Gasteiger partial charge < -0.3 is 19.3 Å². The highest BCUT2D eigenvalue weighted by Gasteiger charge is 2.27. The molecule has 0 bridgehead atoms. The van der Waals surface area contributed by atoms with Crippen molar-refractivity contribution in [2.75, 3.05) is 33.9 Å². The third-order valence-electron chi connectivity index (χ3n) is 6.89. The number of rotatable bonds is 4. The third-order valence-corrected chi connectivity index (χ3v) is 6.89. The van der Waals surface area contributed by atoms with Crippen LogP contribution in [0.2, 0.25) is 0 Å². The van der Waals surface area contributed by atoms with Crippen molar-refractivity contribution in [3.8, 4) is 11.5 Å². The summed E-state index contributed by atoms with van der Waals surface area (Å²) in [5, 5.41) is 0. The van der Waals surface area contributed by atoms with E-state index in [1.54, 1.807) is 12.0 Å². The second-order valence-corrected chi connectivity index (χ2v) is 9.52. The molecule has 37 heavy (non-hydrogen) atoms. The number of para-hydroxylation sites is 1. The molecule has 2 amide bonds. The smallest absolute Gasteiger partial charge is 0.257 e. The first-order chi connectivity index (χ1) is 18.1. The normalized spacial score (nSPS) is 17.4. The maximum atomic E-state index is 13.8. The average molecular weight is 501 g/mol. The topological polar surface area (TPSA) is 59.1 Å². The van der Waals surface area contributed by atoms with E-state index in [0.29, 0.717) is 42.1 Å². The fourth-order valence-corrected chi connectivity index (χ4v) is 4.74. The van der Waals surface area contributed by atoms with Crippen LogP contribution in [0.1, 0.15) is 52.0 Å². The number of hydrogen-bond donors (Lipinski definition) is 0. The Morgan fingerprint density at radius 3 is 2.30 bits per heavy atom. The highest BCUT2D eigenvalue weighted by Crippen LogP contribution is 2.23. The Bertz CT molecular complexity index is 1160. The van der Waals surface area contributed by atoms with Gasteiger partial charge in [-0.3, -0.25) is 9.59 Å². The first-order valence-electron chi connectivity index (χ1n) is 13.0. The molecule has 0 N–H and O–H groups in total. The van der Waals surface area contributed by atoms with Crippen molar-refractivity contribution >= 4 is 11.8 Å². The van der Waals surface area contributed by atoms with E-state index in [-0.39, 0.29) is 24.5 Å². The molecule has 0 saturated heterocycles. The predicted molar refractivity (Wildman–Crippen MR) is 145 cm³/mol. The van der Waals surface area contributed by atoms with Gasteiger partial charge in [0.1, 0.15) is 18.1 Å². The van der Waals surface area contributed by atoms with Gasteiger partial charge >= 0.3 is 0 Å². The van der Waals surface area contributed by atoms with Gasteiger partial charge in [0.05, 0.1) is 18.7 Å². The summed E-state index contributed by atoms with van der Waals surface area (Å²) in [5.74, 6) is 1.20. The Morgan fingerprint density at radius 1 is 0.892 bits per heavy atom. The van der Waals surface area contributed by atoms with Crippen LogP contribution in [-0.4, -0.2) is 61.5 Å². The fraction of sp³-hybridized carbons (Fsp3) is 0.355. The van der Waals surface area contributed by atoms with Crippen LogP contribution >= 0.6 is 0 Å². The van der Waals surface area contributed by atoms with Gasteiger partial charge in [-0.2, -0.15) is 0 Å². The van der Waals surface area contributed by atoms with E-state index in [0.717, 1.165) is 31.2 Å². The highest BCUT2D eigenvalue weighted by atomic mass is 16.5. The second kappa shape index (κ2) is 12.9. The fourth-order valence-electron chi connectivity index (χ4n) is 4.74. The van der Waals surface area contributed by atoms with Crippen LogP contribution in [0.5, 0.6) is 11.5 Å². The summed E-state index contributed by atoms with van der Waals surface area (Å²) in [7, 11) is 3.46. The zero-order chi connectivity index (χ0) is 26.0. The molecular weight excluding hydrogens is 464 g/mol. The molecule has 1 aliphatic rings. The summed E-state index contributed by atoms with van der Waals surface area (Å²) >= 11 is 0. The Hall–Kier alpha value is -3.80. The van der Waals surface area contributed by atoms with Crippen molar-refractivity contribution in [2.24, 2.45) is 0 Å². The van der Waals surface area contributed by atoms with Crippen LogP contribution < -0.4 is 9.47 Å². The van der Waals surface area contributed by atoms with Gasteiger partial charge in [-0.1, -0.05) is 55.3 Å². The lowest BCUT2D eigenvalue weighted by atomic mass is 10.0. The summed E-state index contributed by atoms with van der Waals surface area (Å²) in [5.41, 5.74) is 2.31. The lowest BCUT2D eigenvalue weighted by molar-refractivity contribution is 0.0599. The highest BCUT2D eigenvalue weighted by molar-refractivity contribution is 5.97. The maximum absolute atomic E-state index is 13.8. The number of methoxy groups -OCH3 is 1. The summed E-state index contributed by atoms with van der Waals surface area (Å²) in [6.45, 7) is 1.62. The van der Waals surface area contributed by atoms with E-state index < -0.39 is 0 Å². The average Bonchev–Trinajstić information content (AvgIpc) is 2.94. The number of carbonyl (C=O) groups is 2. The minimum absolute atomic E-state index is 0.0247. The van der Waals surface area contributed by atoms with Gasteiger partial charge in [0.2, 0.25) is 0 Å². The standard InChI is InChI=1S/C31H36N2O4/c1-32-20-10-3-4-11-21-33(30(34)25-16-18-27(36-2)19-17-25)26(22-24-12-6-5-7-13-24)23-37-29-15-9-8-14-28(29)31(32)35/h5-9,12-19,26H,3-4,10-11,20-23H2,1-2H3/t26-/m0/s1. The molecule has 0 aliphatic carbocycles. The molecule has 0 unspecified atom stereocenters. The number of carbonyl (C=O) groups excluding carboxylic acids is 2. The Morgan fingerprint density at radius 2 is 1.57 bits per heavy atom. The van der Waals surface area contributed by atoms with Crippen molar-refractivity contribution in [3.63, 3.8) is 0 Å². The molecule has 0 spiro atoms. The van der Waals surface area contributed by atoms with Crippen molar-refractivity contribution in [3.05, 3.63) is 95.6 Å². The first-order valence-corrected chi connectivity index (χ1v) is 13.0. The largest absolute Gasteiger partial charge is 0.497 e. The van der Waals surface area contributed by atoms with Crippen LogP contribution in [0.15, 0.2) is 78.9 Å². The predicted octanol–water partition coefficient (Wildman–Crippen LogP) is 5.47. The van der Waals surface area contributed by atoms with Gasteiger partial charge in [0.15, 0.2) is 0 Å². The minimum atomic E-state index is -0.208. The summed E-state index contributed by atoms with van der Waals surface area (Å²) < 4.78 is 11.6. The molecule has 6 nitrogen and oxygen atoms in total. The van der Waals surface area contributed by atoms with Gasteiger partial charge in [0.25, 0.3) is 11.8 Å². The number of ether oxygens (including phenoxy) is 2. The molecule has 1 aliphatic heterocycles. The molecule has 0 radical (unpaired) electrons. The Labute approximate surface area is 219 Å². The van der Waals surface area contributed by atoms with Crippen LogP contribution in [0.3, 0.4) is 0 Å². The van der Waals surface area contributed by atoms with Crippen LogP contribution in [0.4, 0.5) is 0 Å². The second-order valence-electron chi connectivity index (χ2n) is 9.52. The molecular formula is C31H36N2O4. The van der Waals surface area contributed by atoms with Gasteiger partial charge in [0, 0.05) is 25.7 Å². The van der Waals surface area contributed by atoms with E-state index in [2.05, 4.69) is 12.1 Å². The lowest BCUT2D eigenvalue weighted by Crippen LogP contribution is -2.45. The number of fused-ring (bicyclic) bond motifs is 1. The van der Waals surface area contributed by atoms with E-state index in [1.165, 1.54) is 0 Å². The number of hydrogen-bond acceptors (Lipinski definition) is 4. The molecule has 0 fully saturated rings. The van der Waals surface area contributed by atoms with E-state index in [1.807, 2.05) is 78.7 Å². The number of benzene rings is 3. The van der Waals surface area contributed by atoms with Crippen molar-refractivity contribution in [1.29, 1.82) is 0 Å². The van der Waals surface area contributed by atoms with Crippen LogP contribution in [0.25, 0.3) is 0 Å². The first kappa shape index (κ1) is 26.3. The monoisotopic (exact) mass is 500 g/mol. The van der Waals surface area contributed by atoms with E-state index in [4.69, 9.17) is 9.47 Å². The van der Waals surface area contributed by atoms with Gasteiger partial charge in [-0.15, -0.1) is 0 Å². The molecule has 0 saturated carbocycles. The number of amides is 2. The molecule has 3 aromatic rings. The zero-order valence-electron chi connectivity index (χ0n) is 21.8. The van der Waals surface area contributed by atoms with E-state index in [9.17, 15) is 9.59 Å². The van der Waals surface area contributed by atoms with Crippen LogP contribution in [-0.2, 0) is 6.42 Å². The quantitative estimate of drug-likeness (QED) is 0.476. The maximum Gasteiger partial charge on any atom is 0.257 e. The molecule has 6 heteroatoms. The van der Waals surface area contributed by atoms with Crippen molar-refractivity contribution < 1.29 is 19.1 Å². The van der Waals surface area contributed by atoms with Crippen molar-refractivity contribution in [1.82, 2.24) is 9.80 Å². The van der Waals surface area contributed by atoms with Crippen LogP contribution in [0, 0.1) is 0 Å². The summed E-state index contributed by atoms with van der Waals surface area (Å²) in [6, 6.07) is 24.6. The Kier molecular flexibility index (Phi) is 9.19. The molecule has 4 rings (SSSR count). The lowest BCUT2D eigenvalue weighted by Gasteiger charge is -2.33. The van der Waals surface area contributed by atoms with Gasteiger partial charge in [-0.25, -0.2) is 0 Å². The molecule has 1 heterocycles. The van der Waals surface area contributed by atoms with Gasteiger partial charge in [-0.05, 0) is 61.2 Å². The van der Waals surface area contributed by atoms with Crippen molar-refractivity contribution in [2.45, 2.75) is 38.1 Å². The summed E-state index contributed by atoms with van der Waals surface area (Å²) in [4.78, 5) is 30.7. The third kappa shape index (κ3) is 6.91. The molecule has 1 atom stereocenters. The zero-order valence-corrected chi connectivity index (χ0v) is 21.8. The SMILES string of the molecule is COc1ccc(C(=O)N2CCCCCCN(C)C(=O)c3ccccc3OC[C@@H]2Cc2ccccc2)cc1.